The van der Waals surface area contributed by atoms with Gasteiger partial charge in [-0.3, -0.25) is 9.69 Å². The van der Waals surface area contributed by atoms with Crippen LogP contribution in [-0.2, 0) is 11.0 Å². The second kappa shape index (κ2) is 8.27. The van der Waals surface area contributed by atoms with Gasteiger partial charge in [-0.05, 0) is 26.1 Å². The molecule has 7 nitrogen and oxygen atoms in total. The molecule has 0 radical (unpaired) electrons. The molecule has 1 unspecified atom stereocenters. The Morgan fingerprint density at radius 3 is 2.64 bits per heavy atom. The Morgan fingerprint density at radius 1 is 1.29 bits per heavy atom. The zero-order valence-electron chi connectivity index (χ0n) is 15.7. The highest BCUT2D eigenvalue weighted by molar-refractivity contribution is 5.78. The van der Waals surface area contributed by atoms with E-state index in [4.69, 9.17) is 4.52 Å². The smallest absolute Gasteiger partial charge is 0.339 e. The van der Waals surface area contributed by atoms with E-state index in [0.717, 1.165) is 12.1 Å². The van der Waals surface area contributed by atoms with Crippen molar-refractivity contribution in [2.45, 2.75) is 19.1 Å². The quantitative estimate of drug-likeness (QED) is 0.834. The number of amides is 1. The summed E-state index contributed by atoms with van der Waals surface area (Å²) in [5.41, 5.74) is -0.508. The van der Waals surface area contributed by atoms with Crippen LogP contribution in [0.1, 0.15) is 24.4 Å². The molecular formula is C18H22F3N5O2. The van der Waals surface area contributed by atoms with Gasteiger partial charge in [-0.15, -0.1) is 0 Å². The summed E-state index contributed by atoms with van der Waals surface area (Å²) in [5.74, 6) is 0.512. The summed E-state index contributed by atoms with van der Waals surface area (Å²) >= 11 is 0. The Kier molecular flexibility index (Phi) is 5.99. The molecule has 1 atom stereocenters. The van der Waals surface area contributed by atoms with Crippen LogP contribution < -0.4 is 5.32 Å². The lowest BCUT2D eigenvalue weighted by Gasteiger charge is -2.36. The van der Waals surface area contributed by atoms with Gasteiger partial charge in [0.25, 0.3) is 0 Å². The standard InChI is InChI=1S/C18H22F3N5O2/c1-12(25-6-8-26(9-7-25)15(27)11-22-2)17-23-16(24-28-17)13-4-3-5-14(10-13)18(19,20)21/h3-5,10,12,22H,6-9,11H2,1-2H3. The van der Waals surface area contributed by atoms with Crippen LogP contribution in [0.25, 0.3) is 11.4 Å². The van der Waals surface area contributed by atoms with E-state index in [-0.39, 0.29) is 23.3 Å². The maximum atomic E-state index is 12.9. The minimum Gasteiger partial charge on any atom is -0.339 e. The van der Waals surface area contributed by atoms with Gasteiger partial charge in [0.15, 0.2) is 0 Å². The van der Waals surface area contributed by atoms with Crippen LogP contribution in [0, 0.1) is 0 Å². The highest BCUT2D eigenvalue weighted by atomic mass is 19.4. The normalized spacial score (nSPS) is 17.0. The fourth-order valence-electron chi connectivity index (χ4n) is 3.13. The zero-order chi connectivity index (χ0) is 20.3. The third kappa shape index (κ3) is 4.50. The van der Waals surface area contributed by atoms with E-state index in [0.29, 0.717) is 38.6 Å². The summed E-state index contributed by atoms with van der Waals surface area (Å²) in [6.45, 7) is 4.70. The van der Waals surface area contributed by atoms with Gasteiger partial charge in [0.05, 0.1) is 18.2 Å². The van der Waals surface area contributed by atoms with Crippen molar-refractivity contribution >= 4 is 5.91 Å². The Morgan fingerprint density at radius 2 is 2.00 bits per heavy atom. The molecule has 1 amide bonds. The summed E-state index contributed by atoms with van der Waals surface area (Å²) in [4.78, 5) is 20.1. The van der Waals surface area contributed by atoms with Gasteiger partial charge in [0, 0.05) is 31.7 Å². The van der Waals surface area contributed by atoms with E-state index in [1.165, 1.54) is 12.1 Å². The number of carbonyl (C=O) groups excluding carboxylic acids is 1. The number of hydrogen-bond acceptors (Lipinski definition) is 6. The first kappa shape index (κ1) is 20.3. The summed E-state index contributed by atoms with van der Waals surface area (Å²) in [5, 5.41) is 6.69. The topological polar surface area (TPSA) is 74.5 Å². The molecule has 1 aliphatic heterocycles. The predicted molar refractivity (Wildman–Crippen MR) is 95.2 cm³/mol. The number of hydrogen-bond donors (Lipinski definition) is 1. The molecule has 1 N–H and O–H groups in total. The molecule has 152 valence electrons. The van der Waals surface area contributed by atoms with Crippen LogP contribution in [0.5, 0.6) is 0 Å². The van der Waals surface area contributed by atoms with Crippen LogP contribution in [-0.4, -0.2) is 65.6 Å². The Bertz CT molecular complexity index is 816. The van der Waals surface area contributed by atoms with Crippen molar-refractivity contribution in [1.82, 2.24) is 25.3 Å². The van der Waals surface area contributed by atoms with Crippen molar-refractivity contribution in [1.29, 1.82) is 0 Å². The van der Waals surface area contributed by atoms with Crippen molar-refractivity contribution in [3.8, 4) is 11.4 Å². The molecule has 1 fully saturated rings. The van der Waals surface area contributed by atoms with Gasteiger partial charge in [0.1, 0.15) is 0 Å². The van der Waals surface area contributed by atoms with Gasteiger partial charge in [-0.25, -0.2) is 0 Å². The van der Waals surface area contributed by atoms with Gasteiger partial charge < -0.3 is 14.7 Å². The second-order valence-electron chi connectivity index (χ2n) is 6.66. The molecule has 1 aromatic heterocycles. The summed E-state index contributed by atoms with van der Waals surface area (Å²) in [6, 6.07) is 4.64. The second-order valence-corrected chi connectivity index (χ2v) is 6.66. The lowest BCUT2D eigenvalue weighted by Crippen LogP contribution is -2.51. The van der Waals surface area contributed by atoms with Crippen molar-refractivity contribution in [3.05, 3.63) is 35.7 Å². The van der Waals surface area contributed by atoms with Crippen LogP contribution in [0.2, 0.25) is 0 Å². The molecule has 0 aliphatic carbocycles. The molecule has 10 heteroatoms. The van der Waals surface area contributed by atoms with Crippen LogP contribution in [0.3, 0.4) is 0 Å². The van der Waals surface area contributed by atoms with Gasteiger partial charge in [0.2, 0.25) is 17.6 Å². The summed E-state index contributed by atoms with van der Waals surface area (Å²) in [7, 11) is 1.73. The first-order valence-corrected chi connectivity index (χ1v) is 8.97. The molecule has 3 rings (SSSR count). The van der Waals surface area contributed by atoms with Crippen molar-refractivity contribution in [3.63, 3.8) is 0 Å². The van der Waals surface area contributed by atoms with E-state index in [9.17, 15) is 18.0 Å². The van der Waals surface area contributed by atoms with E-state index >= 15 is 0 Å². The minimum absolute atomic E-state index is 0.0550. The molecular weight excluding hydrogens is 375 g/mol. The highest BCUT2D eigenvalue weighted by Crippen LogP contribution is 2.32. The Hall–Kier alpha value is -2.46. The summed E-state index contributed by atoms with van der Waals surface area (Å²) in [6.07, 6.45) is -4.43. The number of halogens is 3. The van der Waals surface area contributed by atoms with E-state index in [2.05, 4.69) is 20.4 Å². The molecule has 1 saturated heterocycles. The number of aromatic nitrogens is 2. The Labute approximate surface area is 160 Å². The largest absolute Gasteiger partial charge is 0.416 e. The number of piperazine rings is 1. The van der Waals surface area contributed by atoms with Crippen LogP contribution in [0.4, 0.5) is 13.2 Å². The monoisotopic (exact) mass is 397 g/mol. The van der Waals surface area contributed by atoms with Crippen LogP contribution in [0.15, 0.2) is 28.8 Å². The number of alkyl halides is 3. The van der Waals surface area contributed by atoms with Crippen LogP contribution >= 0.6 is 0 Å². The number of carbonyl (C=O) groups is 1. The van der Waals surface area contributed by atoms with Crippen molar-refractivity contribution < 1.29 is 22.5 Å². The Balaban J connectivity index is 1.67. The molecule has 0 spiro atoms. The lowest BCUT2D eigenvalue weighted by molar-refractivity contribution is -0.137. The molecule has 0 saturated carbocycles. The maximum absolute atomic E-state index is 12.9. The number of likely N-dealkylation sites (N-methyl/N-ethyl adjacent to an activating group) is 1. The SMILES string of the molecule is CNCC(=O)N1CCN(C(C)c2nc(-c3cccc(C(F)(F)F)c3)no2)CC1. The number of nitrogens with one attached hydrogen (secondary N) is 1. The molecule has 1 aliphatic rings. The minimum atomic E-state index is -4.43. The fraction of sp³-hybridized carbons (Fsp3) is 0.500. The third-order valence-electron chi connectivity index (χ3n) is 4.79. The van der Waals surface area contributed by atoms with Gasteiger partial charge in [-0.2, -0.15) is 18.2 Å². The van der Waals surface area contributed by atoms with Crippen molar-refractivity contribution in [2.24, 2.45) is 0 Å². The van der Waals surface area contributed by atoms with Gasteiger partial charge in [-0.1, -0.05) is 17.3 Å². The highest BCUT2D eigenvalue weighted by Gasteiger charge is 2.31. The van der Waals surface area contributed by atoms with E-state index in [1.54, 1.807) is 11.9 Å². The van der Waals surface area contributed by atoms with E-state index in [1.807, 2.05) is 6.92 Å². The maximum Gasteiger partial charge on any atom is 0.416 e. The molecule has 28 heavy (non-hydrogen) atoms. The average Bonchev–Trinajstić information content (AvgIpc) is 3.17. The molecule has 1 aromatic carbocycles. The first-order chi connectivity index (χ1) is 13.3. The average molecular weight is 397 g/mol. The predicted octanol–water partition coefficient (Wildman–Crippen LogP) is 2.18. The summed E-state index contributed by atoms with van der Waals surface area (Å²) < 4.78 is 44.0. The number of rotatable bonds is 5. The lowest BCUT2D eigenvalue weighted by atomic mass is 10.1. The molecule has 2 aromatic rings. The first-order valence-electron chi connectivity index (χ1n) is 8.97. The zero-order valence-corrected chi connectivity index (χ0v) is 15.7. The molecule has 2 heterocycles. The van der Waals surface area contributed by atoms with Crippen molar-refractivity contribution in [2.75, 3.05) is 39.8 Å². The van der Waals surface area contributed by atoms with E-state index < -0.39 is 11.7 Å². The van der Waals surface area contributed by atoms with Gasteiger partial charge >= 0.3 is 6.18 Å². The third-order valence-corrected chi connectivity index (χ3v) is 4.79. The number of nitrogens with zero attached hydrogens (tertiary/aromatic N) is 4. The number of benzene rings is 1. The fourth-order valence-corrected chi connectivity index (χ4v) is 3.13. The molecule has 0 bridgehead atoms.